The van der Waals surface area contributed by atoms with Crippen molar-refractivity contribution in [3.05, 3.63) is 34.9 Å². The van der Waals surface area contributed by atoms with E-state index in [1.807, 2.05) is 24.3 Å². The van der Waals surface area contributed by atoms with Crippen LogP contribution in [0.5, 0.6) is 0 Å². The van der Waals surface area contributed by atoms with E-state index in [9.17, 15) is 0 Å². The number of hydrogen-bond donors (Lipinski definition) is 1. The molecule has 18 heavy (non-hydrogen) atoms. The summed E-state index contributed by atoms with van der Waals surface area (Å²) in [5.74, 6) is 0. The molecule has 1 saturated carbocycles. The predicted octanol–water partition coefficient (Wildman–Crippen LogP) is 3.78. The molecule has 1 aromatic carbocycles. The zero-order valence-corrected chi connectivity index (χ0v) is 11.6. The molecule has 100 valence electrons. The molecule has 1 N–H and O–H groups in total. The van der Waals surface area contributed by atoms with E-state index < -0.39 is 0 Å². The number of rotatable bonds is 9. The van der Waals surface area contributed by atoms with Crippen LogP contribution in [-0.2, 0) is 11.3 Å². The van der Waals surface area contributed by atoms with Gasteiger partial charge in [-0.25, -0.2) is 0 Å². The van der Waals surface area contributed by atoms with Crippen molar-refractivity contribution in [1.29, 1.82) is 0 Å². The van der Waals surface area contributed by atoms with Crippen molar-refractivity contribution in [2.45, 2.75) is 44.8 Å². The Bertz CT molecular complexity index is 352. The van der Waals surface area contributed by atoms with E-state index >= 15 is 0 Å². The molecule has 1 aromatic rings. The maximum atomic E-state index is 5.91. The molecule has 0 bridgehead atoms. The van der Waals surface area contributed by atoms with Crippen LogP contribution in [-0.4, -0.2) is 19.2 Å². The third-order valence-corrected chi connectivity index (χ3v) is 3.37. The van der Waals surface area contributed by atoms with Crippen LogP contribution in [0.4, 0.5) is 0 Å². The quantitative estimate of drug-likeness (QED) is 0.688. The fourth-order valence-corrected chi connectivity index (χ4v) is 2.13. The molecule has 0 spiro atoms. The number of unbranched alkanes of at least 4 members (excludes halogenated alkanes) is 2. The summed E-state index contributed by atoms with van der Waals surface area (Å²) in [4.78, 5) is 0. The number of halogens is 1. The van der Waals surface area contributed by atoms with Crippen LogP contribution < -0.4 is 5.32 Å². The van der Waals surface area contributed by atoms with Gasteiger partial charge in [-0.3, -0.25) is 0 Å². The molecular weight excluding hydrogens is 246 g/mol. The Morgan fingerprint density at radius 3 is 2.89 bits per heavy atom. The van der Waals surface area contributed by atoms with Crippen molar-refractivity contribution in [2.75, 3.05) is 13.2 Å². The van der Waals surface area contributed by atoms with Crippen molar-refractivity contribution in [1.82, 2.24) is 5.32 Å². The normalized spacial score (nSPS) is 14.9. The molecule has 1 aliphatic rings. The van der Waals surface area contributed by atoms with Gasteiger partial charge in [0, 0.05) is 17.7 Å². The summed E-state index contributed by atoms with van der Waals surface area (Å²) < 4.78 is 5.64. The van der Waals surface area contributed by atoms with Gasteiger partial charge in [-0.05, 0) is 56.3 Å². The Hall–Kier alpha value is -0.570. The Morgan fingerprint density at radius 2 is 2.11 bits per heavy atom. The second kappa shape index (κ2) is 7.78. The zero-order chi connectivity index (χ0) is 12.6. The average Bonchev–Trinajstić information content (AvgIpc) is 3.17. The number of hydrogen-bond acceptors (Lipinski definition) is 2. The first kappa shape index (κ1) is 13.9. The molecule has 3 heteroatoms. The lowest BCUT2D eigenvalue weighted by Crippen LogP contribution is -2.17. The summed E-state index contributed by atoms with van der Waals surface area (Å²) in [6.07, 6.45) is 6.41. The number of benzene rings is 1. The van der Waals surface area contributed by atoms with Crippen molar-refractivity contribution in [2.24, 2.45) is 0 Å². The fourth-order valence-electron chi connectivity index (χ4n) is 1.92. The molecule has 0 amide bonds. The van der Waals surface area contributed by atoms with E-state index in [0.29, 0.717) is 6.61 Å². The molecule has 0 aliphatic heterocycles. The summed E-state index contributed by atoms with van der Waals surface area (Å²) in [7, 11) is 0. The summed E-state index contributed by atoms with van der Waals surface area (Å²) in [5, 5.41) is 4.30. The maximum Gasteiger partial charge on any atom is 0.0717 e. The minimum Gasteiger partial charge on any atom is -0.377 e. The van der Waals surface area contributed by atoms with Gasteiger partial charge in [-0.2, -0.15) is 0 Å². The average molecular weight is 268 g/mol. The second-order valence-electron chi connectivity index (χ2n) is 4.97. The van der Waals surface area contributed by atoms with Gasteiger partial charge in [0.15, 0.2) is 0 Å². The van der Waals surface area contributed by atoms with Gasteiger partial charge < -0.3 is 10.1 Å². The molecule has 0 radical (unpaired) electrons. The van der Waals surface area contributed by atoms with Gasteiger partial charge in [-0.1, -0.05) is 23.7 Å². The molecule has 0 unspecified atom stereocenters. The van der Waals surface area contributed by atoms with Crippen LogP contribution in [0.2, 0.25) is 5.02 Å². The molecule has 1 aliphatic carbocycles. The van der Waals surface area contributed by atoms with Crippen LogP contribution >= 0.6 is 11.6 Å². The SMILES string of the molecule is Clc1cccc(COCCCCCNC2CC2)c1. The highest BCUT2D eigenvalue weighted by atomic mass is 35.5. The first-order valence-electron chi connectivity index (χ1n) is 6.90. The fraction of sp³-hybridized carbons (Fsp3) is 0.600. The van der Waals surface area contributed by atoms with Crippen LogP contribution in [0.15, 0.2) is 24.3 Å². The van der Waals surface area contributed by atoms with Crippen molar-refractivity contribution in [3.63, 3.8) is 0 Å². The van der Waals surface area contributed by atoms with Gasteiger partial charge in [0.25, 0.3) is 0 Å². The largest absolute Gasteiger partial charge is 0.377 e. The highest BCUT2D eigenvalue weighted by Crippen LogP contribution is 2.18. The molecule has 0 atom stereocenters. The first-order chi connectivity index (χ1) is 8.84. The summed E-state index contributed by atoms with van der Waals surface area (Å²) in [5.41, 5.74) is 1.15. The highest BCUT2D eigenvalue weighted by Gasteiger charge is 2.19. The smallest absolute Gasteiger partial charge is 0.0717 e. The van der Waals surface area contributed by atoms with Gasteiger partial charge >= 0.3 is 0 Å². The lowest BCUT2D eigenvalue weighted by Gasteiger charge is -2.05. The van der Waals surface area contributed by atoms with E-state index in [-0.39, 0.29) is 0 Å². The molecule has 2 rings (SSSR count). The van der Waals surface area contributed by atoms with Crippen molar-refractivity contribution >= 4 is 11.6 Å². The Balaban J connectivity index is 1.43. The third kappa shape index (κ3) is 5.85. The zero-order valence-electron chi connectivity index (χ0n) is 10.8. The molecule has 1 fully saturated rings. The van der Waals surface area contributed by atoms with E-state index in [4.69, 9.17) is 16.3 Å². The van der Waals surface area contributed by atoms with E-state index in [1.165, 1.54) is 32.2 Å². The molecule has 0 aromatic heterocycles. The lowest BCUT2D eigenvalue weighted by atomic mass is 10.2. The van der Waals surface area contributed by atoms with Gasteiger partial charge in [0.2, 0.25) is 0 Å². The maximum absolute atomic E-state index is 5.91. The topological polar surface area (TPSA) is 21.3 Å². The van der Waals surface area contributed by atoms with E-state index in [1.54, 1.807) is 0 Å². The van der Waals surface area contributed by atoms with Crippen LogP contribution in [0, 0.1) is 0 Å². The predicted molar refractivity (Wildman–Crippen MR) is 76.0 cm³/mol. The Labute approximate surface area is 115 Å². The van der Waals surface area contributed by atoms with Crippen LogP contribution in [0.1, 0.15) is 37.7 Å². The third-order valence-electron chi connectivity index (χ3n) is 3.13. The van der Waals surface area contributed by atoms with Gasteiger partial charge in [-0.15, -0.1) is 0 Å². The van der Waals surface area contributed by atoms with E-state index in [2.05, 4.69) is 5.32 Å². The molecular formula is C15H22ClNO. The summed E-state index contributed by atoms with van der Waals surface area (Å²) in [6.45, 7) is 2.68. The Morgan fingerprint density at radius 1 is 1.22 bits per heavy atom. The highest BCUT2D eigenvalue weighted by molar-refractivity contribution is 6.30. The summed E-state index contributed by atoms with van der Waals surface area (Å²) in [6, 6.07) is 8.69. The molecule has 2 nitrogen and oxygen atoms in total. The van der Waals surface area contributed by atoms with Crippen molar-refractivity contribution in [3.8, 4) is 0 Å². The molecule has 0 heterocycles. The Kier molecular flexibility index (Phi) is 5.98. The second-order valence-corrected chi connectivity index (χ2v) is 5.41. The molecule has 0 saturated heterocycles. The monoisotopic (exact) mass is 267 g/mol. The van der Waals surface area contributed by atoms with E-state index in [0.717, 1.165) is 29.7 Å². The first-order valence-corrected chi connectivity index (χ1v) is 7.28. The number of ether oxygens (including phenoxy) is 1. The van der Waals surface area contributed by atoms with Crippen LogP contribution in [0.3, 0.4) is 0 Å². The lowest BCUT2D eigenvalue weighted by molar-refractivity contribution is 0.117. The number of nitrogens with one attached hydrogen (secondary N) is 1. The van der Waals surface area contributed by atoms with Gasteiger partial charge in [0.05, 0.1) is 6.61 Å². The standard InChI is InChI=1S/C15H22ClNO/c16-14-6-4-5-13(11-14)12-18-10-3-1-2-9-17-15-7-8-15/h4-6,11,15,17H,1-3,7-10,12H2. The van der Waals surface area contributed by atoms with Gasteiger partial charge in [0.1, 0.15) is 0 Å². The summed E-state index contributed by atoms with van der Waals surface area (Å²) >= 11 is 5.91. The minimum absolute atomic E-state index is 0.668. The van der Waals surface area contributed by atoms with Crippen LogP contribution in [0.25, 0.3) is 0 Å². The van der Waals surface area contributed by atoms with Crippen molar-refractivity contribution < 1.29 is 4.74 Å². The minimum atomic E-state index is 0.668.